The molecule has 0 spiro atoms. The number of fused-ring (bicyclic) bond motifs is 5. The summed E-state index contributed by atoms with van der Waals surface area (Å²) in [6.45, 7) is 10.8. The van der Waals surface area contributed by atoms with E-state index in [1.165, 1.54) is 14.2 Å². The fraction of sp³-hybridized carbons (Fsp3) is 0.400. The number of alkyl carbamates (subject to hydrolysis) is 2. The summed E-state index contributed by atoms with van der Waals surface area (Å²) >= 11 is 0. The molecule has 6 heterocycles. The van der Waals surface area contributed by atoms with Crippen molar-refractivity contribution in [2.24, 2.45) is 11.8 Å². The molecule has 9 rings (SSSR count). The molecule has 4 amide bonds. The van der Waals surface area contributed by atoms with Crippen LogP contribution in [0.3, 0.4) is 0 Å². The molecule has 0 aliphatic carbocycles. The second-order valence-corrected chi connectivity index (χ2v) is 18.3. The van der Waals surface area contributed by atoms with Crippen LogP contribution in [0.2, 0.25) is 0 Å². The number of amides is 4. The first-order chi connectivity index (χ1) is 31.8. The highest BCUT2D eigenvalue weighted by Crippen LogP contribution is 2.49. The minimum absolute atomic E-state index is 0.132. The average molecular weight is 896 g/mol. The second-order valence-electron chi connectivity index (χ2n) is 18.3. The maximum absolute atomic E-state index is 13.8. The van der Waals surface area contributed by atoms with Crippen molar-refractivity contribution in [1.29, 1.82) is 0 Å². The molecule has 3 aromatic heterocycles. The van der Waals surface area contributed by atoms with E-state index < -0.39 is 30.4 Å². The molecule has 16 heteroatoms. The van der Waals surface area contributed by atoms with Gasteiger partial charge in [0.2, 0.25) is 11.8 Å². The van der Waals surface area contributed by atoms with Gasteiger partial charge in [-0.25, -0.2) is 19.6 Å². The van der Waals surface area contributed by atoms with E-state index in [-0.39, 0.29) is 35.7 Å². The van der Waals surface area contributed by atoms with Crippen molar-refractivity contribution in [1.82, 2.24) is 45.4 Å². The third-order valence-electron chi connectivity index (χ3n) is 13.3. The normalized spacial score (nSPS) is 18.8. The van der Waals surface area contributed by atoms with E-state index in [9.17, 15) is 19.2 Å². The van der Waals surface area contributed by atoms with E-state index in [4.69, 9.17) is 24.2 Å². The van der Waals surface area contributed by atoms with Gasteiger partial charge in [-0.15, -0.1) is 0 Å². The molecular formula is C50H57N9O7. The lowest BCUT2D eigenvalue weighted by Crippen LogP contribution is -2.51. The molecule has 2 unspecified atom stereocenters. The SMILES string of the molecule is COC(=O)NC(C(=O)N1CCC[C@H]1c1ncc(-c2ccc3[nH]c4c(c3c2)C(c2ccc(C)cc2)Oc2cc(-c3cnc([C@@H]5CCCN5C(=O)[C@@H](NC(=O)OC)C(C)C)[nH]3)ccc2-4)[nH]1)C(C)C. The zero-order chi connectivity index (χ0) is 46.4. The van der Waals surface area contributed by atoms with Gasteiger partial charge in [0.25, 0.3) is 0 Å². The predicted molar refractivity (Wildman–Crippen MR) is 248 cm³/mol. The summed E-state index contributed by atoms with van der Waals surface area (Å²) in [5.74, 6) is 1.52. The van der Waals surface area contributed by atoms with Crippen LogP contribution in [-0.4, -0.2) is 98.1 Å². The molecule has 2 fully saturated rings. The van der Waals surface area contributed by atoms with Crippen molar-refractivity contribution in [2.75, 3.05) is 27.3 Å². The molecule has 66 heavy (non-hydrogen) atoms. The number of H-pyrrole nitrogens is 3. The minimum Gasteiger partial charge on any atom is -0.480 e. The number of ether oxygens (including phenoxy) is 3. The van der Waals surface area contributed by atoms with E-state index in [2.05, 4.69) is 87.1 Å². The average Bonchev–Trinajstić information content (AvgIpc) is 4.18. The summed E-state index contributed by atoms with van der Waals surface area (Å²) in [6.07, 6.45) is 5.05. The number of carbonyl (C=O) groups is 4. The van der Waals surface area contributed by atoms with Gasteiger partial charge < -0.3 is 49.6 Å². The van der Waals surface area contributed by atoms with Gasteiger partial charge in [0.05, 0.1) is 55.8 Å². The minimum atomic E-state index is -0.722. The summed E-state index contributed by atoms with van der Waals surface area (Å²) in [4.78, 5) is 75.8. The zero-order valence-electron chi connectivity index (χ0n) is 38.4. The summed E-state index contributed by atoms with van der Waals surface area (Å²) in [6, 6.07) is 18.9. The number of benzene rings is 3. The summed E-state index contributed by atoms with van der Waals surface area (Å²) < 4.78 is 16.7. The van der Waals surface area contributed by atoms with E-state index in [1.807, 2.05) is 49.8 Å². The molecule has 5 N–H and O–H groups in total. The summed E-state index contributed by atoms with van der Waals surface area (Å²) in [7, 11) is 2.58. The number of imidazole rings is 2. The Morgan fingerprint density at radius 1 is 0.712 bits per heavy atom. The molecule has 344 valence electrons. The molecule has 6 aromatic rings. The maximum atomic E-state index is 13.8. The molecule has 3 aromatic carbocycles. The van der Waals surface area contributed by atoms with Crippen LogP contribution in [0.15, 0.2) is 73.1 Å². The molecular weight excluding hydrogens is 839 g/mol. The van der Waals surface area contributed by atoms with Gasteiger partial charge in [-0.1, -0.05) is 69.7 Å². The highest BCUT2D eigenvalue weighted by molar-refractivity contribution is 5.96. The van der Waals surface area contributed by atoms with Crippen LogP contribution in [0, 0.1) is 18.8 Å². The first-order valence-corrected chi connectivity index (χ1v) is 22.8. The van der Waals surface area contributed by atoms with Crippen LogP contribution in [0.25, 0.3) is 44.7 Å². The molecule has 3 aliphatic heterocycles. The number of likely N-dealkylation sites (tertiary alicyclic amines) is 2. The van der Waals surface area contributed by atoms with Crippen molar-refractivity contribution in [3.63, 3.8) is 0 Å². The molecule has 5 atom stereocenters. The van der Waals surface area contributed by atoms with Crippen LogP contribution < -0.4 is 15.4 Å². The number of hydrogen-bond acceptors (Lipinski definition) is 9. The smallest absolute Gasteiger partial charge is 0.407 e. The van der Waals surface area contributed by atoms with Crippen molar-refractivity contribution < 1.29 is 33.4 Å². The zero-order valence-corrected chi connectivity index (χ0v) is 38.4. The number of nitrogens with zero attached hydrogens (tertiary/aromatic N) is 4. The largest absolute Gasteiger partial charge is 0.480 e. The van der Waals surface area contributed by atoms with E-state index >= 15 is 0 Å². The van der Waals surface area contributed by atoms with Gasteiger partial charge >= 0.3 is 12.2 Å². The number of rotatable bonds is 11. The molecule has 3 aliphatic rings. The number of nitrogens with one attached hydrogen (secondary N) is 5. The first kappa shape index (κ1) is 44.1. The Kier molecular flexibility index (Phi) is 12.1. The third-order valence-corrected chi connectivity index (χ3v) is 13.3. The van der Waals surface area contributed by atoms with Crippen molar-refractivity contribution in [3.05, 3.63) is 101 Å². The molecule has 16 nitrogen and oxygen atoms in total. The van der Waals surface area contributed by atoms with Gasteiger partial charge in [0.1, 0.15) is 29.5 Å². The Bertz CT molecular complexity index is 2790. The van der Waals surface area contributed by atoms with Crippen molar-refractivity contribution >= 4 is 34.9 Å². The van der Waals surface area contributed by atoms with Crippen LogP contribution in [0.4, 0.5) is 9.59 Å². The van der Waals surface area contributed by atoms with E-state index in [1.54, 1.807) is 6.20 Å². The van der Waals surface area contributed by atoms with Crippen LogP contribution in [0.5, 0.6) is 5.75 Å². The van der Waals surface area contributed by atoms with Gasteiger partial charge in [0.15, 0.2) is 6.10 Å². The topological polar surface area (TPSA) is 200 Å². The van der Waals surface area contributed by atoms with E-state index in [0.717, 1.165) is 92.8 Å². The third kappa shape index (κ3) is 8.24. The van der Waals surface area contributed by atoms with Crippen LogP contribution >= 0.6 is 0 Å². The number of hydrogen-bond donors (Lipinski definition) is 5. The number of carbonyl (C=O) groups excluding carboxylic acids is 4. The van der Waals surface area contributed by atoms with Gasteiger partial charge in [-0.3, -0.25) is 9.59 Å². The predicted octanol–water partition coefficient (Wildman–Crippen LogP) is 8.49. The summed E-state index contributed by atoms with van der Waals surface area (Å²) in [5.41, 5.74) is 9.48. The first-order valence-electron chi connectivity index (χ1n) is 22.8. The quantitative estimate of drug-likeness (QED) is 0.0846. The number of methoxy groups -OCH3 is 2. The Morgan fingerprint density at radius 2 is 1.24 bits per heavy atom. The Labute approximate surface area is 383 Å². The van der Waals surface area contributed by atoms with E-state index in [0.29, 0.717) is 24.7 Å². The lowest BCUT2D eigenvalue weighted by Gasteiger charge is -2.30. The monoisotopic (exact) mass is 895 g/mol. The molecule has 0 bridgehead atoms. The van der Waals surface area contributed by atoms with Gasteiger partial charge in [-0.05, 0) is 74.3 Å². The molecule has 2 saturated heterocycles. The van der Waals surface area contributed by atoms with Crippen molar-refractivity contribution in [3.8, 4) is 39.5 Å². The van der Waals surface area contributed by atoms with Gasteiger partial charge in [0, 0.05) is 46.2 Å². The highest BCUT2D eigenvalue weighted by Gasteiger charge is 2.39. The molecule has 0 radical (unpaired) electrons. The highest BCUT2D eigenvalue weighted by atomic mass is 16.5. The summed E-state index contributed by atoms with van der Waals surface area (Å²) in [5, 5.41) is 6.45. The van der Waals surface area contributed by atoms with Crippen LogP contribution in [-0.2, 0) is 19.1 Å². The van der Waals surface area contributed by atoms with Gasteiger partial charge in [-0.2, -0.15) is 0 Å². The fourth-order valence-corrected chi connectivity index (χ4v) is 9.71. The number of aryl methyl sites for hydroxylation is 1. The Hall–Kier alpha value is -7.10. The second kappa shape index (κ2) is 18.1. The lowest BCUT2D eigenvalue weighted by atomic mass is 9.91. The fourth-order valence-electron chi connectivity index (χ4n) is 9.71. The maximum Gasteiger partial charge on any atom is 0.407 e. The van der Waals surface area contributed by atoms with Crippen molar-refractivity contribution in [2.45, 2.75) is 90.6 Å². The lowest BCUT2D eigenvalue weighted by molar-refractivity contribution is -0.136. The Balaban J connectivity index is 1.02. The standard InChI is InChI=1S/C50H57N9O7/c1-26(2)41(56-49(62)64-6)47(60)58-20-8-10-37(58)45-51-24-35(54-45)30-17-19-34-33(22-30)40-43(53-34)32-18-16-31(23-39(32)66-44(40)29-14-12-28(5)13-15-29)36-25-52-46(55-36)38-11-9-21-59(38)48(61)42(27(3)4)57-50(63)65-7/h12-19,22-27,37-38,41-42,44,53H,8-11,20-21H2,1-7H3,(H,51,54)(H,52,55)(H,56,62)(H,57,63)/t37-,38-,41?,42-,44?/m0/s1. The number of aromatic amines is 3. The Morgan fingerprint density at radius 3 is 1.77 bits per heavy atom. The molecule has 0 saturated carbocycles. The number of aromatic nitrogens is 5. The van der Waals surface area contributed by atoms with Crippen LogP contribution in [0.1, 0.15) is 99.9 Å².